The fourth-order valence-corrected chi connectivity index (χ4v) is 2.03. The highest BCUT2D eigenvalue weighted by Gasteiger charge is 2.29. The Balaban J connectivity index is 1.83. The highest BCUT2D eigenvalue weighted by Crippen LogP contribution is 2.12. The van der Waals surface area contributed by atoms with E-state index in [-0.39, 0.29) is 24.7 Å². The van der Waals surface area contributed by atoms with Crippen molar-refractivity contribution in [3.63, 3.8) is 0 Å². The van der Waals surface area contributed by atoms with E-state index in [1.807, 2.05) is 31.2 Å². The number of aryl methyl sites for hydroxylation is 1. The second-order valence-corrected chi connectivity index (χ2v) is 4.66. The van der Waals surface area contributed by atoms with E-state index < -0.39 is 12.1 Å². The van der Waals surface area contributed by atoms with E-state index in [2.05, 4.69) is 16.0 Å². The molecule has 0 radical (unpaired) electrons. The largest absolute Gasteiger partial charge is 0.326 e. The number of carbonyl (C=O) groups is 3. The number of imide groups is 1. The molecule has 2 rings (SSSR count). The number of nitrogens with one attached hydrogen (secondary N) is 3. The molecule has 0 aromatic heterocycles. The van der Waals surface area contributed by atoms with Crippen molar-refractivity contribution in [1.29, 1.82) is 0 Å². The maximum absolute atomic E-state index is 11.8. The smallest absolute Gasteiger partial charge is 0.322 e. The molecule has 1 atom stereocenters. The number of hydrogen-bond acceptors (Lipinski definition) is 3. The van der Waals surface area contributed by atoms with Gasteiger partial charge in [0.1, 0.15) is 6.04 Å². The lowest BCUT2D eigenvalue weighted by Gasteiger charge is -2.08. The van der Waals surface area contributed by atoms with Crippen LogP contribution in [0.5, 0.6) is 0 Å². The second-order valence-electron chi connectivity index (χ2n) is 4.66. The molecule has 20 heavy (non-hydrogen) atoms. The van der Waals surface area contributed by atoms with E-state index in [0.717, 1.165) is 17.7 Å². The summed E-state index contributed by atoms with van der Waals surface area (Å²) in [5.41, 5.74) is 1.89. The predicted molar refractivity (Wildman–Crippen MR) is 74.1 cm³/mol. The van der Waals surface area contributed by atoms with Gasteiger partial charge in [-0.25, -0.2) is 4.79 Å². The maximum Gasteiger partial charge on any atom is 0.322 e. The van der Waals surface area contributed by atoms with E-state index in [9.17, 15) is 14.4 Å². The molecule has 1 aromatic rings. The minimum atomic E-state index is -0.616. The fraction of sp³-hybridized carbons (Fsp3) is 0.357. The molecule has 1 aromatic carbocycles. The standard InChI is InChI=1S/C14H17N3O3/c1-2-9-4-3-5-10(8-9)15-12(18)7-6-11-13(19)17-14(20)16-11/h3-5,8,11H,2,6-7H2,1H3,(H,15,18)(H2,16,17,19,20)/t11-/m1/s1. The van der Waals surface area contributed by atoms with Gasteiger partial charge < -0.3 is 10.6 Å². The van der Waals surface area contributed by atoms with Crippen LogP contribution in [0.4, 0.5) is 10.5 Å². The molecule has 0 spiro atoms. The second kappa shape index (κ2) is 6.18. The van der Waals surface area contributed by atoms with E-state index in [1.165, 1.54) is 0 Å². The molecule has 3 N–H and O–H groups in total. The predicted octanol–water partition coefficient (Wildman–Crippen LogP) is 1.18. The van der Waals surface area contributed by atoms with Gasteiger partial charge in [0.2, 0.25) is 5.91 Å². The highest BCUT2D eigenvalue weighted by atomic mass is 16.2. The van der Waals surface area contributed by atoms with E-state index in [0.29, 0.717) is 0 Å². The van der Waals surface area contributed by atoms with Gasteiger partial charge in [-0.05, 0) is 30.5 Å². The van der Waals surface area contributed by atoms with Crippen molar-refractivity contribution < 1.29 is 14.4 Å². The minimum absolute atomic E-state index is 0.174. The third kappa shape index (κ3) is 3.57. The average molecular weight is 275 g/mol. The summed E-state index contributed by atoms with van der Waals surface area (Å²) in [6.07, 6.45) is 1.36. The van der Waals surface area contributed by atoms with E-state index in [4.69, 9.17) is 0 Å². The summed E-state index contributed by atoms with van der Waals surface area (Å²) < 4.78 is 0. The normalized spacial score (nSPS) is 17.6. The van der Waals surface area contributed by atoms with Crippen LogP contribution in [0, 0.1) is 0 Å². The molecule has 106 valence electrons. The summed E-state index contributed by atoms with van der Waals surface area (Å²) >= 11 is 0. The Morgan fingerprint density at radius 1 is 1.35 bits per heavy atom. The van der Waals surface area contributed by atoms with Crippen molar-refractivity contribution >= 4 is 23.5 Å². The summed E-state index contributed by atoms with van der Waals surface area (Å²) in [6, 6.07) is 6.50. The quantitative estimate of drug-likeness (QED) is 0.705. The molecule has 1 aliphatic rings. The van der Waals surface area contributed by atoms with Crippen LogP contribution in [0.2, 0.25) is 0 Å². The Morgan fingerprint density at radius 2 is 2.15 bits per heavy atom. The molecule has 6 heteroatoms. The minimum Gasteiger partial charge on any atom is -0.326 e. The van der Waals surface area contributed by atoms with Crippen LogP contribution in [-0.2, 0) is 16.0 Å². The first-order valence-corrected chi connectivity index (χ1v) is 6.58. The molecule has 1 heterocycles. The van der Waals surface area contributed by atoms with Crippen molar-refractivity contribution in [2.24, 2.45) is 0 Å². The first kappa shape index (κ1) is 14.0. The third-order valence-electron chi connectivity index (χ3n) is 3.14. The molecule has 0 unspecified atom stereocenters. The molecule has 0 aliphatic carbocycles. The van der Waals surface area contributed by atoms with E-state index in [1.54, 1.807) is 0 Å². The first-order chi connectivity index (χ1) is 9.58. The Bertz CT molecular complexity index is 542. The van der Waals surface area contributed by atoms with Crippen molar-refractivity contribution in [3.8, 4) is 0 Å². The first-order valence-electron chi connectivity index (χ1n) is 6.58. The lowest BCUT2D eigenvalue weighted by atomic mass is 10.1. The van der Waals surface area contributed by atoms with Gasteiger partial charge in [-0.1, -0.05) is 19.1 Å². The summed E-state index contributed by atoms with van der Waals surface area (Å²) in [5.74, 6) is -0.553. The zero-order valence-electron chi connectivity index (χ0n) is 11.2. The molecule has 1 saturated heterocycles. The molecule has 0 saturated carbocycles. The molecule has 1 aliphatic heterocycles. The lowest BCUT2D eigenvalue weighted by molar-refractivity contribution is -0.120. The zero-order valence-corrected chi connectivity index (χ0v) is 11.2. The van der Waals surface area contributed by atoms with Crippen LogP contribution in [0.15, 0.2) is 24.3 Å². The third-order valence-corrected chi connectivity index (χ3v) is 3.14. The molecule has 1 fully saturated rings. The van der Waals surface area contributed by atoms with Crippen LogP contribution in [-0.4, -0.2) is 23.9 Å². The number of anilines is 1. The van der Waals surface area contributed by atoms with E-state index >= 15 is 0 Å². The topological polar surface area (TPSA) is 87.3 Å². The number of urea groups is 1. The summed E-state index contributed by atoms with van der Waals surface area (Å²) in [5, 5.41) is 7.38. The van der Waals surface area contributed by atoms with Gasteiger partial charge in [-0.15, -0.1) is 0 Å². The summed E-state index contributed by atoms with van der Waals surface area (Å²) in [4.78, 5) is 34.0. The Hall–Kier alpha value is -2.37. The molecule has 6 nitrogen and oxygen atoms in total. The number of rotatable bonds is 5. The Morgan fingerprint density at radius 3 is 2.80 bits per heavy atom. The highest BCUT2D eigenvalue weighted by molar-refractivity contribution is 6.04. The Kier molecular flexibility index (Phi) is 4.34. The molecule has 0 bridgehead atoms. The number of carbonyl (C=O) groups excluding carboxylic acids is 3. The summed E-state index contributed by atoms with van der Waals surface area (Å²) in [7, 11) is 0. The van der Waals surface area contributed by atoms with Gasteiger partial charge >= 0.3 is 6.03 Å². The average Bonchev–Trinajstić information content (AvgIpc) is 2.75. The molecule has 4 amide bonds. The van der Waals surface area contributed by atoms with Crippen LogP contribution in [0.25, 0.3) is 0 Å². The lowest BCUT2D eigenvalue weighted by Crippen LogP contribution is -2.30. The fourth-order valence-electron chi connectivity index (χ4n) is 2.03. The molecular formula is C14H17N3O3. The van der Waals surface area contributed by atoms with Crippen molar-refractivity contribution in [2.45, 2.75) is 32.2 Å². The number of benzene rings is 1. The van der Waals surface area contributed by atoms with Crippen molar-refractivity contribution in [1.82, 2.24) is 10.6 Å². The van der Waals surface area contributed by atoms with Crippen LogP contribution < -0.4 is 16.0 Å². The van der Waals surface area contributed by atoms with Crippen LogP contribution in [0.3, 0.4) is 0 Å². The monoisotopic (exact) mass is 275 g/mol. The van der Waals surface area contributed by atoms with Crippen LogP contribution >= 0.6 is 0 Å². The van der Waals surface area contributed by atoms with Gasteiger partial charge in [0.05, 0.1) is 0 Å². The van der Waals surface area contributed by atoms with Gasteiger partial charge in [0.25, 0.3) is 5.91 Å². The maximum atomic E-state index is 11.8. The number of amides is 4. The van der Waals surface area contributed by atoms with Gasteiger partial charge in [0, 0.05) is 12.1 Å². The van der Waals surface area contributed by atoms with Gasteiger partial charge in [-0.2, -0.15) is 0 Å². The van der Waals surface area contributed by atoms with Crippen LogP contribution in [0.1, 0.15) is 25.3 Å². The van der Waals surface area contributed by atoms with Gasteiger partial charge in [0.15, 0.2) is 0 Å². The number of hydrogen-bond donors (Lipinski definition) is 3. The zero-order chi connectivity index (χ0) is 14.5. The summed E-state index contributed by atoms with van der Waals surface area (Å²) in [6.45, 7) is 2.04. The Labute approximate surface area is 116 Å². The van der Waals surface area contributed by atoms with Gasteiger partial charge in [-0.3, -0.25) is 14.9 Å². The van der Waals surface area contributed by atoms with Crippen molar-refractivity contribution in [3.05, 3.63) is 29.8 Å². The van der Waals surface area contributed by atoms with Crippen molar-refractivity contribution in [2.75, 3.05) is 5.32 Å². The SMILES string of the molecule is CCc1cccc(NC(=O)CC[C@H]2NC(=O)NC2=O)c1. The molecular weight excluding hydrogens is 258 g/mol.